The summed E-state index contributed by atoms with van der Waals surface area (Å²) in [6.07, 6.45) is 6.57. The molecule has 0 atom stereocenters. The average Bonchev–Trinajstić information content (AvgIpc) is 2.98. The Morgan fingerprint density at radius 1 is 1.25 bits per heavy atom. The number of rotatable bonds is 6. The molecule has 2 aromatic rings. The van der Waals surface area contributed by atoms with Crippen LogP contribution < -0.4 is 4.74 Å². The van der Waals surface area contributed by atoms with Crippen molar-refractivity contribution in [1.29, 1.82) is 0 Å². The summed E-state index contributed by atoms with van der Waals surface area (Å²) >= 11 is 0. The second-order valence-electron chi connectivity index (χ2n) is 6.86. The van der Waals surface area contributed by atoms with Gasteiger partial charge in [-0.2, -0.15) is 0 Å². The van der Waals surface area contributed by atoms with Crippen LogP contribution in [0.2, 0.25) is 0 Å². The van der Waals surface area contributed by atoms with Crippen molar-refractivity contribution in [1.82, 2.24) is 14.8 Å². The first-order valence-corrected chi connectivity index (χ1v) is 8.80. The molecule has 1 aliphatic rings. The Balaban J connectivity index is 1.73. The lowest BCUT2D eigenvalue weighted by Gasteiger charge is -2.25. The van der Waals surface area contributed by atoms with Crippen LogP contribution in [-0.2, 0) is 11.2 Å². The van der Waals surface area contributed by atoms with Gasteiger partial charge in [0.2, 0.25) is 0 Å². The summed E-state index contributed by atoms with van der Waals surface area (Å²) in [5.41, 5.74) is 2.21. The van der Waals surface area contributed by atoms with Crippen molar-refractivity contribution in [2.24, 2.45) is 0 Å². The van der Waals surface area contributed by atoms with Crippen LogP contribution in [0.25, 0.3) is 10.9 Å². The minimum Gasteiger partial charge on any atom is -0.425 e. The summed E-state index contributed by atoms with van der Waals surface area (Å²) in [4.78, 5) is 20.0. The van der Waals surface area contributed by atoms with Crippen molar-refractivity contribution in [2.45, 2.75) is 25.7 Å². The second kappa shape index (κ2) is 7.81. The van der Waals surface area contributed by atoms with E-state index in [0.29, 0.717) is 12.3 Å². The smallest absolute Gasteiger partial charge is 0.325 e. The minimum atomic E-state index is -0.163. The highest BCUT2D eigenvalue weighted by molar-refractivity contribution is 5.91. The van der Waals surface area contributed by atoms with Gasteiger partial charge in [0, 0.05) is 23.6 Å². The van der Waals surface area contributed by atoms with Gasteiger partial charge in [0.25, 0.3) is 0 Å². The van der Waals surface area contributed by atoms with Gasteiger partial charge in [-0.05, 0) is 64.1 Å². The number of piperidine rings is 1. The van der Waals surface area contributed by atoms with E-state index < -0.39 is 0 Å². The summed E-state index contributed by atoms with van der Waals surface area (Å²) in [5, 5.41) is 1.03. The fourth-order valence-electron chi connectivity index (χ4n) is 3.30. The number of hydrogen-bond acceptors (Lipinski definition) is 4. The van der Waals surface area contributed by atoms with E-state index in [1.54, 1.807) is 0 Å². The van der Waals surface area contributed by atoms with Gasteiger partial charge in [-0.15, -0.1) is 0 Å². The number of carbonyl (C=O) groups is 1. The Bertz CT molecular complexity index is 687. The molecule has 1 aliphatic heterocycles. The number of likely N-dealkylation sites (N-methyl/N-ethyl adjacent to an activating group) is 1. The Hall–Kier alpha value is -1.85. The summed E-state index contributed by atoms with van der Waals surface area (Å²) in [6.45, 7) is 3.34. The number of likely N-dealkylation sites (tertiary alicyclic amines) is 1. The number of nitrogens with one attached hydrogen (secondary N) is 1. The first kappa shape index (κ1) is 17.0. The van der Waals surface area contributed by atoms with Crippen LogP contribution in [0.4, 0.5) is 0 Å². The number of hydrogen-bond donors (Lipinski definition) is 1. The standard InChI is InChI=1S/C19H27N3O2/c1-21(2)12-9-15-13-20-16-7-6-8-17(19(15)16)24-18(23)14-22-10-4-3-5-11-22/h6-8,13,20H,3-5,9-12,14H2,1-2H3. The summed E-state index contributed by atoms with van der Waals surface area (Å²) < 4.78 is 5.72. The number of aromatic nitrogens is 1. The molecule has 0 bridgehead atoms. The van der Waals surface area contributed by atoms with Crippen molar-refractivity contribution in [3.8, 4) is 5.75 Å². The monoisotopic (exact) mass is 329 g/mol. The van der Waals surface area contributed by atoms with Gasteiger partial charge in [0.05, 0.1) is 6.54 Å². The Kier molecular flexibility index (Phi) is 5.53. The summed E-state index contributed by atoms with van der Waals surface area (Å²) in [5.74, 6) is 0.508. The van der Waals surface area contributed by atoms with Crippen molar-refractivity contribution >= 4 is 16.9 Å². The highest BCUT2D eigenvalue weighted by Gasteiger charge is 2.17. The normalized spacial score (nSPS) is 16.0. The Morgan fingerprint density at radius 3 is 2.79 bits per heavy atom. The van der Waals surface area contributed by atoms with E-state index in [4.69, 9.17) is 4.74 Å². The fraction of sp³-hybridized carbons (Fsp3) is 0.526. The third kappa shape index (κ3) is 4.16. The van der Waals surface area contributed by atoms with Gasteiger partial charge >= 0.3 is 5.97 Å². The van der Waals surface area contributed by atoms with E-state index >= 15 is 0 Å². The minimum absolute atomic E-state index is 0.163. The maximum atomic E-state index is 12.3. The van der Waals surface area contributed by atoms with E-state index in [-0.39, 0.29) is 5.97 Å². The quantitative estimate of drug-likeness (QED) is 0.654. The molecule has 0 amide bonds. The number of benzene rings is 1. The molecule has 1 aromatic heterocycles. The van der Waals surface area contributed by atoms with Crippen molar-refractivity contribution in [3.05, 3.63) is 30.0 Å². The molecule has 1 fully saturated rings. The van der Waals surface area contributed by atoms with Gasteiger partial charge in [-0.1, -0.05) is 12.5 Å². The summed E-state index contributed by atoms with van der Waals surface area (Å²) in [7, 11) is 4.13. The lowest BCUT2D eigenvalue weighted by atomic mass is 10.1. The first-order valence-electron chi connectivity index (χ1n) is 8.80. The molecule has 2 heterocycles. The maximum absolute atomic E-state index is 12.3. The zero-order valence-electron chi connectivity index (χ0n) is 14.7. The largest absolute Gasteiger partial charge is 0.425 e. The molecule has 130 valence electrons. The molecular formula is C19H27N3O2. The SMILES string of the molecule is CN(C)CCc1c[nH]c2cccc(OC(=O)CN3CCCCC3)c12. The molecule has 0 radical (unpaired) electrons. The number of aromatic amines is 1. The first-order chi connectivity index (χ1) is 11.6. The van der Waals surface area contributed by atoms with Crippen LogP contribution in [0, 0.1) is 0 Å². The van der Waals surface area contributed by atoms with Crippen LogP contribution in [0.15, 0.2) is 24.4 Å². The molecule has 3 rings (SSSR count). The number of ether oxygens (including phenoxy) is 1. The van der Waals surface area contributed by atoms with Crippen molar-refractivity contribution in [2.75, 3.05) is 40.3 Å². The molecule has 0 saturated carbocycles. The second-order valence-corrected chi connectivity index (χ2v) is 6.86. The van der Waals surface area contributed by atoms with Crippen LogP contribution in [0.5, 0.6) is 5.75 Å². The Morgan fingerprint density at radius 2 is 2.04 bits per heavy atom. The van der Waals surface area contributed by atoms with E-state index in [0.717, 1.165) is 37.0 Å². The number of fused-ring (bicyclic) bond motifs is 1. The van der Waals surface area contributed by atoms with Crippen LogP contribution in [0.3, 0.4) is 0 Å². The molecule has 0 spiro atoms. The van der Waals surface area contributed by atoms with Gasteiger partial charge in [0.1, 0.15) is 5.75 Å². The van der Waals surface area contributed by atoms with Gasteiger partial charge in [0.15, 0.2) is 0 Å². The molecule has 0 unspecified atom stereocenters. The summed E-state index contributed by atoms with van der Waals surface area (Å²) in [6, 6.07) is 5.85. The number of esters is 1. The van der Waals surface area contributed by atoms with Crippen LogP contribution in [-0.4, -0.2) is 61.0 Å². The molecule has 1 aromatic carbocycles. The Labute approximate surface area is 143 Å². The maximum Gasteiger partial charge on any atom is 0.325 e. The third-order valence-corrected chi connectivity index (χ3v) is 4.60. The number of carbonyl (C=O) groups excluding carboxylic acids is 1. The van der Waals surface area contributed by atoms with Crippen LogP contribution in [0.1, 0.15) is 24.8 Å². The molecule has 5 nitrogen and oxygen atoms in total. The van der Waals surface area contributed by atoms with E-state index in [1.807, 2.05) is 24.4 Å². The molecule has 1 saturated heterocycles. The highest BCUT2D eigenvalue weighted by atomic mass is 16.5. The topological polar surface area (TPSA) is 48.6 Å². The van der Waals surface area contributed by atoms with E-state index in [2.05, 4.69) is 28.9 Å². The van der Waals surface area contributed by atoms with E-state index in [1.165, 1.54) is 24.8 Å². The predicted octanol–water partition coefficient (Wildman–Crippen LogP) is 2.66. The lowest BCUT2D eigenvalue weighted by Crippen LogP contribution is -2.36. The molecule has 24 heavy (non-hydrogen) atoms. The fourth-order valence-corrected chi connectivity index (χ4v) is 3.30. The molecular weight excluding hydrogens is 302 g/mol. The zero-order valence-corrected chi connectivity index (χ0v) is 14.7. The van der Waals surface area contributed by atoms with Gasteiger partial charge in [-0.3, -0.25) is 9.69 Å². The number of H-pyrrole nitrogens is 1. The number of nitrogens with zero attached hydrogens (tertiary/aromatic N) is 2. The van der Waals surface area contributed by atoms with Gasteiger partial charge in [-0.25, -0.2) is 0 Å². The van der Waals surface area contributed by atoms with Crippen LogP contribution >= 0.6 is 0 Å². The van der Waals surface area contributed by atoms with Gasteiger partial charge < -0.3 is 14.6 Å². The average molecular weight is 329 g/mol. The molecule has 1 N–H and O–H groups in total. The third-order valence-electron chi connectivity index (χ3n) is 4.60. The molecule has 0 aliphatic carbocycles. The zero-order chi connectivity index (χ0) is 16.9. The van der Waals surface area contributed by atoms with Crippen molar-refractivity contribution < 1.29 is 9.53 Å². The van der Waals surface area contributed by atoms with E-state index in [9.17, 15) is 4.79 Å². The highest BCUT2D eigenvalue weighted by Crippen LogP contribution is 2.29. The predicted molar refractivity (Wildman–Crippen MR) is 96.5 cm³/mol. The molecule has 5 heteroatoms. The van der Waals surface area contributed by atoms with Crippen molar-refractivity contribution in [3.63, 3.8) is 0 Å². The lowest BCUT2D eigenvalue weighted by molar-refractivity contribution is -0.135.